The van der Waals surface area contributed by atoms with Crippen LogP contribution in [-0.2, 0) is 23.1 Å². The summed E-state index contributed by atoms with van der Waals surface area (Å²) in [5, 5.41) is 8.35. The van der Waals surface area contributed by atoms with Gasteiger partial charge in [0.1, 0.15) is 11.6 Å². The Hall–Kier alpha value is -1.47. The van der Waals surface area contributed by atoms with E-state index in [1.165, 1.54) is 0 Å². The third kappa shape index (κ3) is 3.78. The van der Waals surface area contributed by atoms with Crippen LogP contribution < -0.4 is 0 Å². The second-order valence-electron chi connectivity index (χ2n) is 7.27. The predicted molar refractivity (Wildman–Crippen MR) is 90.3 cm³/mol. The number of carbonyl (C=O) groups excluding carboxylic acids is 1. The Morgan fingerprint density at radius 3 is 2.33 bits per heavy atom. The van der Waals surface area contributed by atoms with E-state index in [9.17, 15) is 4.79 Å². The second-order valence-corrected chi connectivity index (χ2v) is 7.27. The van der Waals surface area contributed by atoms with Crippen LogP contribution in [0.15, 0.2) is 0 Å². The Kier molecular flexibility index (Phi) is 5.20. The van der Waals surface area contributed by atoms with Gasteiger partial charge in [-0.15, -0.1) is 10.2 Å². The predicted octanol–water partition coefficient (Wildman–Crippen LogP) is 0.971. The summed E-state index contributed by atoms with van der Waals surface area (Å²) in [6, 6.07) is 0. The zero-order valence-corrected chi connectivity index (χ0v) is 15.2. The first kappa shape index (κ1) is 17.4. The number of aromatic nitrogens is 3. The van der Waals surface area contributed by atoms with E-state index in [-0.39, 0.29) is 18.1 Å². The number of hydrogen-bond donors (Lipinski definition) is 0. The number of ether oxygens (including phenoxy) is 1. The molecule has 0 bridgehead atoms. The fraction of sp³-hybridized carbons (Fsp3) is 0.824. The van der Waals surface area contributed by atoms with Gasteiger partial charge >= 0.3 is 0 Å². The molecule has 2 fully saturated rings. The molecule has 24 heavy (non-hydrogen) atoms. The molecule has 0 aromatic carbocycles. The summed E-state index contributed by atoms with van der Waals surface area (Å²) in [6.07, 6.45) is 2.12. The smallest absolute Gasteiger partial charge is 0.225 e. The molecule has 7 nitrogen and oxygen atoms in total. The normalized spacial score (nSPS) is 26.8. The van der Waals surface area contributed by atoms with Crippen LogP contribution in [0.4, 0.5) is 0 Å². The molecule has 1 aromatic rings. The van der Waals surface area contributed by atoms with Crippen molar-refractivity contribution in [3.05, 3.63) is 11.6 Å². The summed E-state index contributed by atoms with van der Waals surface area (Å²) in [5.41, 5.74) is 0. The van der Waals surface area contributed by atoms with E-state index in [1.807, 2.05) is 37.3 Å². The van der Waals surface area contributed by atoms with E-state index in [2.05, 4.69) is 15.1 Å². The van der Waals surface area contributed by atoms with Gasteiger partial charge in [0.2, 0.25) is 5.91 Å². The Morgan fingerprint density at radius 1 is 1.17 bits per heavy atom. The maximum absolute atomic E-state index is 12.8. The molecular weight excluding hydrogens is 306 g/mol. The van der Waals surface area contributed by atoms with E-state index < -0.39 is 0 Å². The van der Waals surface area contributed by atoms with Crippen LogP contribution in [-0.4, -0.2) is 68.9 Å². The summed E-state index contributed by atoms with van der Waals surface area (Å²) in [7, 11) is 2.00. The van der Waals surface area contributed by atoms with Crippen molar-refractivity contribution in [3.8, 4) is 0 Å². The monoisotopic (exact) mass is 335 g/mol. The standard InChI is InChI=1S/C17H29N5O2/c1-12-9-22(10-13(2)24-12)17(23)15-5-7-21(8-6-15)11-16-19-18-14(3)20(16)4/h12-13,15H,5-11H2,1-4H3/t12-,13-/m0/s1. The van der Waals surface area contributed by atoms with Crippen molar-refractivity contribution >= 4 is 5.91 Å². The molecule has 0 radical (unpaired) electrons. The number of aryl methyl sites for hydroxylation is 1. The van der Waals surface area contributed by atoms with Crippen molar-refractivity contribution in [2.45, 2.75) is 52.4 Å². The zero-order chi connectivity index (χ0) is 17.3. The minimum atomic E-state index is 0.136. The average Bonchev–Trinajstić information content (AvgIpc) is 2.86. The molecule has 2 saturated heterocycles. The third-order valence-electron chi connectivity index (χ3n) is 5.22. The molecule has 0 spiro atoms. The van der Waals surface area contributed by atoms with E-state index >= 15 is 0 Å². The molecular formula is C17H29N5O2. The van der Waals surface area contributed by atoms with Gasteiger partial charge in [0, 0.05) is 26.1 Å². The van der Waals surface area contributed by atoms with Crippen LogP contribution >= 0.6 is 0 Å². The number of likely N-dealkylation sites (tertiary alicyclic amines) is 1. The Bertz CT molecular complexity index is 570. The van der Waals surface area contributed by atoms with E-state index in [0.29, 0.717) is 5.91 Å². The summed E-state index contributed by atoms with van der Waals surface area (Å²) in [6.45, 7) is 10.2. The van der Waals surface area contributed by atoms with Gasteiger partial charge in [-0.05, 0) is 46.7 Å². The summed E-state index contributed by atoms with van der Waals surface area (Å²) in [5.74, 6) is 2.39. The molecule has 2 atom stereocenters. The van der Waals surface area contributed by atoms with Crippen LogP contribution in [0.5, 0.6) is 0 Å². The highest BCUT2D eigenvalue weighted by molar-refractivity contribution is 5.79. The molecule has 3 rings (SSSR count). The van der Waals surface area contributed by atoms with Gasteiger partial charge in [0.25, 0.3) is 0 Å². The van der Waals surface area contributed by atoms with Crippen molar-refractivity contribution in [3.63, 3.8) is 0 Å². The highest BCUT2D eigenvalue weighted by Crippen LogP contribution is 2.23. The van der Waals surface area contributed by atoms with Gasteiger partial charge in [0.15, 0.2) is 0 Å². The molecule has 2 aliphatic rings. The molecule has 0 aliphatic carbocycles. The SMILES string of the molecule is Cc1nnc(CN2CCC(C(=O)N3C[C@H](C)O[C@@H](C)C3)CC2)n1C. The van der Waals surface area contributed by atoms with Crippen molar-refractivity contribution in [2.75, 3.05) is 26.2 Å². The van der Waals surface area contributed by atoms with Crippen molar-refractivity contribution < 1.29 is 9.53 Å². The molecule has 2 aliphatic heterocycles. The highest BCUT2D eigenvalue weighted by Gasteiger charge is 2.32. The summed E-state index contributed by atoms with van der Waals surface area (Å²) >= 11 is 0. The maximum Gasteiger partial charge on any atom is 0.225 e. The van der Waals surface area contributed by atoms with Gasteiger partial charge in [-0.3, -0.25) is 9.69 Å². The summed E-state index contributed by atoms with van der Waals surface area (Å²) in [4.78, 5) is 17.2. The average molecular weight is 335 g/mol. The number of morpholine rings is 1. The number of piperidine rings is 1. The van der Waals surface area contributed by atoms with Crippen LogP contribution in [0.1, 0.15) is 38.3 Å². The second kappa shape index (κ2) is 7.19. The van der Waals surface area contributed by atoms with Gasteiger partial charge < -0.3 is 14.2 Å². The minimum absolute atomic E-state index is 0.136. The van der Waals surface area contributed by atoms with Crippen molar-refractivity contribution in [2.24, 2.45) is 13.0 Å². The number of rotatable bonds is 3. The van der Waals surface area contributed by atoms with Crippen LogP contribution in [0.2, 0.25) is 0 Å². The Morgan fingerprint density at radius 2 is 1.79 bits per heavy atom. The molecule has 0 saturated carbocycles. The molecule has 134 valence electrons. The Labute approximate surface area is 144 Å². The van der Waals surface area contributed by atoms with Crippen LogP contribution in [0, 0.1) is 12.8 Å². The minimum Gasteiger partial charge on any atom is -0.372 e. The largest absolute Gasteiger partial charge is 0.372 e. The number of amides is 1. The maximum atomic E-state index is 12.8. The van der Waals surface area contributed by atoms with E-state index in [4.69, 9.17) is 4.74 Å². The molecule has 0 unspecified atom stereocenters. The lowest BCUT2D eigenvalue weighted by atomic mass is 9.94. The molecule has 7 heteroatoms. The molecule has 3 heterocycles. The van der Waals surface area contributed by atoms with Crippen molar-refractivity contribution in [1.82, 2.24) is 24.6 Å². The molecule has 1 amide bonds. The lowest BCUT2D eigenvalue weighted by Gasteiger charge is -2.39. The fourth-order valence-corrected chi connectivity index (χ4v) is 3.74. The quantitative estimate of drug-likeness (QED) is 0.824. The lowest BCUT2D eigenvalue weighted by molar-refractivity contribution is -0.148. The Balaban J connectivity index is 1.51. The summed E-state index contributed by atoms with van der Waals surface area (Å²) < 4.78 is 7.77. The highest BCUT2D eigenvalue weighted by atomic mass is 16.5. The number of nitrogens with zero attached hydrogens (tertiary/aromatic N) is 5. The van der Waals surface area contributed by atoms with E-state index in [1.54, 1.807) is 0 Å². The third-order valence-corrected chi connectivity index (χ3v) is 5.22. The molecule has 1 aromatic heterocycles. The van der Waals surface area contributed by atoms with Crippen molar-refractivity contribution in [1.29, 1.82) is 0 Å². The van der Waals surface area contributed by atoms with Gasteiger partial charge in [0.05, 0.1) is 18.8 Å². The fourth-order valence-electron chi connectivity index (χ4n) is 3.74. The first-order valence-corrected chi connectivity index (χ1v) is 8.95. The van der Waals surface area contributed by atoms with Crippen LogP contribution in [0.3, 0.4) is 0 Å². The van der Waals surface area contributed by atoms with Gasteiger partial charge in [-0.1, -0.05) is 0 Å². The first-order chi connectivity index (χ1) is 11.4. The van der Waals surface area contributed by atoms with E-state index in [0.717, 1.165) is 57.2 Å². The first-order valence-electron chi connectivity index (χ1n) is 8.95. The number of hydrogen-bond acceptors (Lipinski definition) is 5. The zero-order valence-electron chi connectivity index (χ0n) is 15.2. The molecule has 0 N–H and O–H groups in total. The van der Waals surface area contributed by atoms with Crippen LogP contribution in [0.25, 0.3) is 0 Å². The number of carbonyl (C=O) groups is 1. The topological polar surface area (TPSA) is 63.5 Å². The van der Waals surface area contributed by atoms with Gasteiger partial charge in [-0.25, -0.2) is 0 Å². The lowest BCUT2D eigenvalue weighted by Crippen LogP contribution is -2.51. The van der Waals surface area contributed by atoms with Gasteiger partial charge in [-0.2, -0.15) is 0 Å².